The van der Waals surface area contributed by atoms with Gasteiger partial charge in [0.1, 0.15) is 18.1 Å². The summed E-state index contributed by atoms with van der Waals surface area (Å²) in [7, 11) is 3.17. The summed E-state index contributed by atoms with van der Waals surface area (Å²) in [5.41, 5.74) is 8.45. The van der Waals surface area contributed by atoms with E-state index in [1.54, 1.807) is 12.1 Å². The molecule has 0 bridgehead atoms. The van der Waals surface area contributed by atoms with Crippen LogP contribution in [-0.2, 0) is 48.9 Å². The maximum atomic E-state index is 15.7. The molecule has 2 aromatic heterocycles. The fourth-order valence-corrected chi connectivity index (χ4v) is 9.54. The van der Waals surface area contributed by atoms with E-state index >= 15 is 9.18 Å². The second-order valence-electron chi connectivity index (χ2n) is 17.6. The van der Waals surface area contributed by atoms with Crippen LogP contribution in [0.5, 0.6) is 17.4 Å². The van der Waals surface area contributed by atoms with Gasteiger partial charge in [0.05, 0.1) is 38.0 Å². The van der Waals surface area contributed by atoms with Crippen molar-refractivity contribution in [1.29, 1.82) is 0 Å². The van der Waals surface area contributed by atoms with Crippen LogP contribution in [-0.4, -0.2) is 106 Å². The van der Waals surface area contributed by atoms with Gasteiger partial charge in [-0.15, -0.1) is 0 Å². The van der Waals surface area contributed by atoms with Crippen LogP contribution in [0.25, 0.3) is 22.4 Å². The third-order valence-electron chi connectivity index (χ3n) is 13.3. The van der Waals surface area contributed by atoms with E-state index in [1.165, 1.54) is 37.1 Å². The molecule has 0 radical (unpaired) electrons. The van der Waals surface area contributed by atoms with Crippen LogP contribution in [0, 0.1) is 12.7 Å². The van der Waals surface area contributed by atoms with E-state index in [4.69, 9.17) is 14.2 Å². The van der Waals surface area contributed by atoms with Crippen molar-refractivity contribution in [2.24, 2.45) is 7.05 Å². The molecule has 5 heterocycles. The molecule has 0 aliphatic carbocycles. The topological polar surface area (TPSA) is 139 Å². The second-order valence-corrected chi connectivity index (χ2v) is 17.6. The predicted octanol–water partition coefficient (Wildman–Crippen LogP) is 7.59. The quantitative estimate of drug-likeness (QED) is 0.119. The zero-order valence-corrected chi connectivity index (χ0v) is 38.3. The van der Waals surface area contributed by atoms with Gasteiger partial charge in [0.25, 0.3) is 11.8 Å². The monoisotopic (exact) mass is 906 g/mol. The Bertz CT molecular complexity index is 2820. The first-order valence-electron chi connectivity index (χ1n) is 22.8. The number of nitrogens with zero attached hydrogens (tertiary/aromatic N) is 5. The van der Waals surface area contributed by atoms with Gasteiger partial charge in [-0.05, 0) is 109 Å². The number of carbonyl (C=O) groups is 3. The van der Waals surface area contributed by atoms with E-state index in [2.05, 4.69) is 27.3 Å². The maximum Gasteiger partial charge on any atom is 0.258 e. The highest BCUT2D eigenvalue weighted by molar-refractivity contribution is 6.13. The molecule has 3 aliphatic rings. The van der Waals surface area contributed by atoms with Crippen LogP contribution < -0.4 is 14.8 Å². The minimum absolute atomic E-state index is 0.0245. The SMILES string of the molecule is COc1ncc(-c2c(C(=O)Nc3ccc(O)cc3)c(C)n(C)c2-c2cc3c(cc2C(=O)N2Cc4ccccc4C[C@H]2C)CN(C(=O)Cc2ccc(OCCN4CCOCC4)cc2)CC3)cc1F. The molecule has 14 heteroatoms. The average molecular weight is 907 g/mol. The number of hydrogen-bond donors (Lipinski definition) is 2. The number of halogens is 1. The highest BCUT2D eigenvalue weighted by Gasteiger charge is 2.35. The number of aromatic hydroxyl groups is 1. The van der Waals surface area contributed by atoms with Gasteiger partial charge in [0.15, 0.2) is 5.82 Å². The molecule has 3 aliphatic heterocycles. The zero-order chi connectivity index (χ0) is 46.8. The summed E-state index contributed by atoms with van der Waals surface area (Å²) in [6.07, 6.45) is 2.89. The number of ether oxygens (including phenoxy) is 3. The molecule has 13 nitrogen and oxygen atoms in total. The number of fused-ring (bicyclic) bond motifs is 2. The largest absolute Gasteiger partial charge is 0.508 e. The number of anilines is 1. The van der Waals surface area contributed by atoms with Crippen LogP contribution >= 0.6 is 0 Å². The summed E-state index contributed by atoms with van der Waals surface area (Å²) in [5.74, 6) is -0.801. The molecule has 0 saturated carbocycles. The lowest BCUT2D eigenvalue weighted by Crippen LogP contribution is -2.43. The van der Waals surface area contributed by atoms with Crippen molar-refractivity contribution in [3.8, 4) is 39.8 Å². The number of phenols is 1. The summed E-state index contributed by atoms with van der Waals surface area (Å²) in [6, 6.07) is 27.1. The Hall–Kier alpha value is -7.03. The molecular weight excluding hydrogens is 852 g/mol. The first-order valence-corrected chi connectivity index (χ1v) is 22.8. The summed E-state index contributed by atoms with van der Waals surface area (Å²) < 4.78 is 34.2. The number of hydrogen-bond acceptors (Lipinski definition) is 9. The third kappa shape index (κ3) is 9.50. The first-order chi connectivity index (χ1) is 32.4. The number of morpholine rings is 1. The van der Waals surface area contributed by atoms with Crippen molar-refractivity contribution in [3.63, 3.8) is 0 Å². The Kier molecular flexibility index (Phi) is 13.1. The van der Waals surface area contributed by atoms with Crippen molar-refractivity contribution < 1.29 is 38.1 Å². The number of phenolic OH excluding ortho intramolecular Hbond substituents is 1. The molecule has 9 rings (SSSR count). The number of nitrogens with one attached hydrogen (secondary N) is 1. The minimum Gasteiger partial charge on any atom is -0.508 e. The Morgan fingerprint density at radius 2 is 1.66 bits per heavy atom. The van der Waals surface area contributed by atoms with E-state index in [0.29, 0.717) is 78.4 Å². The molecular formula is C53H55FN6O7. The van der Waals surface area contributed by atoms with Crippen molar-refractivity contribution >= 4 is 23.4 Å². The molecule has 2 N–H and O–H groups in total. The zero-order valence-electron chi connectivity index (χ0n) is 38.3. The fraction of sp³-hybridized carbons (Fsp3) is 0.321. The molecule has 4 aromatic carbocycles. The van der Waals surface area contributed by atoms with Gasteiger partial charge in [-0.1, -0.05) is 36.4 Å². The molecule has 67 heavy (non-hydrogen) atoms. The molecule has 3 amide bonds. The van der Waals surface area contributed by atoms with Crippen molar-refractivity contribution in [1.82, 2.24) is 24.3 Å². The predicted molar refractivity (Wildman–Crippen MR) is 253 cm³/mol. The van der Waals surface area contributed by atoms with Gasteiger partial charge in [0.2, 0.25) is 11.8 Å². The lowest BCUT2D eigenvalue weighted by molar-refractivity contribution is -0.131. The van der Waals surface area contributed by atoms with Crippen molar-refractivity contribution in [2.75, 3.05) is 58.4 Å². The standard InChI is InChI=1S/C53H55FN6O7/c1-33-25-36-7-5-6-8-38(36)32-60(33)53(64)45-28-40-31-59(47(62)26-35-9-15-43(16-10-35)67-24-21-58-19-22-66-23-20-58)18-17-37(40)27-44(45)50-49(39-29-46(54)52(65-4)55-30-39)48(34(2)57(50)3)51(63)56-41-11-13-42(61)14-12-41/h5-16,27-30,33,61H,17-26,31-32H2,1-4H3,(H,56,63)/t33-/m1/s1. The van der Waals surface area contributed by atoms with Crippen LogP contribution in [0.15, 0.2) is 97.2 Å². The summed E-state index contributed by atoms with van der Waals surface area (Å²) in [6.45, 7) is 9.73. The Balaban J connectivity index is 1.07. The van der Waals surface area contributed by atoms with Gasteiger partial charge in [-0.2, -0.15) is 0 Å². The molecule has 346 valence electrons. The van der Waals surface area contributed by atoms with Gasteiger partial charge in [-0.25, -0.2) is 9.37 Å². The smallest absolute Gasteiger partial charge is 0.258 e. The molecule has 1 saturated heterocycles. The lowest BCUT2D eigenvalue weighted by Gasteiger charge is -2.36. The molecule has 0 spiro atoms. The number of methoxy groups -OCH3 is 1. The Morgan fingerprint density at radius 1 is 0.910 bits per heavy atom. The number of benzene rings is 4. The number of carbonyl (C=O) groups excluding carboxylic acids is 3. The third-order valence-corrected chi connectivity index (χ3v) is 13.3. The number of amides is 3. The van der Waals surface area contributed by atoms with E-state index in [1.807, 2.05) is 83.8 Å². The molecule has 1 atom stereocenters. The van der Waals surface area contributed by atoms with E-state index < -0.39 is 11.7 Å². The number of rotatable bonds is 12. The van der Waals surface area contributed by atoms with Crippen LogP contribution in [0.2, 0.25) is 0 Å². The highest BCUT2D eigenvalue weighted by atomic mass is 19.1. The maximum absolute atomic E-state index is 15.7. The summed E-state index contributed by atoms with van der Waals surface area (Å²) >= 11 is 0. The van der Waals surface area contributed by atoms with Gasteiger partial charge in [-0.3, -0.25) is 19.3 Å². The van der Waals surface area contributed by atoms with Gasteiger partial charge >= 0.3 is 0 Å². The van der Waals surface area contributed by atoms with Crippen molar-refractivity contribution in [3.05, 3.63) is 148 Å². The lowest BCUT2D eigenvalue weighted by atomic mass is 9.88. The molecule has 0 unspecified atom stereocenters. The van der Waals surface area contributed by atoms with Crippen LogP contribution in [0.1, 0.15) is 61.2 Å². The number of pyridine rings is 1. The van der Waals surface area contributed by atoms with Gasteiger partial charge in [0, 0.05) is 92.2 Å². The normalized spacial score (nSPS) is 16.0. The van der Waals surface area contributed by atoms with Crippen molar-refractivity contribution in [2.45, 2.75) is 52.2 Å². The Labute approximate surface area is 389 Å². The minimum atomic E-state index is -0.714. The average Bonchev–Trinajstić information content (AvgIpc) is 3.60. The first kappa shape index (κ1) is 45.1. The summed E-state index contributed by atoms with van der Waals surface area (Å²) in [4.78, 5) is 54.1. The van der Waals surface area contributed by atoms with Crippen LogP contribution in [0.3, 0.4) is 0 Å². The van der Waals surface area contributed by atoms with E-state index in [-0.39, 0.29) is 41.5 Å². The fourth-order valence-electron chi connectivity index (χ4n) is 9.54. The highest BCUT2D eigenvalue weighted by Crippen LogP contribution is 2.43. The Morgan fingerprint density at radius 3 is 2.39 bits per heavy atom. The molecule has 1 fully saturated rings. The number of aromatic nitrogens is 2. The summed E-state index contributed by atoms with van der Waals surface area (Å²) in [5, 5.41) is 12.9. The molecule has 6 aromatic rings. The second kappa shape index (κ2) is 19.4. The van der Waals surface area contributed by atoms with Crippen LogP contribution in [0.4, 0.5) is 10.1 Å². The van der Waals surface area contributed by atoms with Gasteiger partial charge < -0.3 is 39.0 Å². The van der Waals surface area contributed by atoms with E-state index in [9.17, 15) is 14.7 Å². The van der Waals surface area contributed by atoms with E-state index in [0.717, 1.165) is 60.9 Å².